The number of benzene rings is 1. The molecule has 3 atom stereocenters. The van der Waals surface area contributed by atoms with Crippen LogP contribution in [0.4, 0.5) is 0 Å². The summed E-state index contributed by atoms with van der Waals surface area (Å²) >= 11 is 0. The number of aliphatic hydroxyl groups excluding tert-OH is 1. The Morgan fingerprint density at radius 1 is 1.27 bits per heavy atom. The van der Waals surface area contributed by atoms with Gasteiger partial charge >= 0.3 is 0 Å². The second-order valence-electron chi connectivity index (χ2n) is 6.44. The first kappa shape index (κ1) is 15.8. The lowest BCUT2D eigenvalue weighted by atomic mass is 9.89. The Kier molecular flexibility index (Phi) is 5.34. The van der Waals surface area contributed by atoms with Crippen molar-refractivity contribution >= 4 is 0 Å². The molecule has 2 aliphatic rings. The second-order valence-corrected chi connectivity index (χ2v) is 6.44. The van der Waals surface area contributed by atoms with E-state index < -0.39 is 0 Å². The van der Waals surface area contributed by atoms with Gasteiger partial charge in [0.25, 0.3) is 0 Å². The highest BCUT2D eigenvalue weighted by Gasteiger charge is 2.37. The van der Waals surface area contributed by atoms with Gasteiger partial charge in [-0.2, -0.15) is 0 Å². The van der Waals surface area contributed by atoms with Crippen LogP contribution in [0, 0.1) is 5.92 Å². The van der Waals surface area contributed by atoms with Crippen LogP contribution in [0.3, 0.4) is 0 Å². The highest BCUT2D eigenvalue weighted by molar-refractivity contribution is 5.27. The van der Waals surface area contributed by atoms with Gasteiger partial charge in [0.1, 0.15) is 5.75 Å². The first-order valence-electron chi connectivity index (χ1n) is 8.40. The zero-order valence-electron chi connectivity index (χ0n) is 13.4. The summed E-state index contributed by atoms with van der Waals surface area (Å²) in [5.74, 6) is 1.19. The van der Waals surface area contributed by atoms with Gasteiger partial charge in [0, 0.05) is 25.1 Å². The first-order valence-corrected chi connectivity index (χ1v) is 8.40. The van der Waals surface area contributed by atoms with E-state index in [9.17, 15) is 5.11 Å². The molecule has 0 bridgehead atoms. The molecule has 1 N–H and O–H groups in total. The molecule has 1 aromatic carbocycles. The highest BCUT2D eigenvalue weighted by Crippen LogP contribution is 2.30. The van der Waals surface area contributed by atoms with Gasteiger partial charge in [-0.3, -0.25) is 4.90 Å². The summed E-state index contributed by atoms with van der Waals surface area (Å²) < 4.78 is 10.8. The van der Waals surface area contributed by atoms with Crippen LogP contribution >= 0.6 is 0 Å². The number of ether oxygens (including phenoxy) is 2. The molecule has 2 heterocycles. The molecule has 4 nitrogen and oxygen atoms in total. The van der Waals surface area contributed by atoms with Crippen LogP contribution in [0.1, 0.15) is 24.8 Å². The predicted molar refractivity (Wildman–Crippen MR) is 86.2 cm³/mol. The maximum atomic E-state index is 10.3. The fourth-order valence-corrected chi connectivity index (χ4v) is 3.80. The quantitative estimate of drug-likeness (QED) is 0.904. The van der Waals surface area contributed by atoms with Crippen molar-refractivity contribution in [1.29, 1.82) is 0 Å². The fraction of sp³-hybridized carbons (Fsp3) is 0.667. The van der Waals surface area contributed by atoms with Crippen LogP contribution < -0.4 is 4.74 Å². The SMILES string of the molecule is COc1ccc(CCN2CCCC2C2COCCC2O)cc1. The van der Waals surface area contributed by atoms with E-state index >= 15 is 0 Å². The van der Waals surface area contributed by atoms with Crippen molar-refractivity contribution in [2.24, 2.45) is 5.92 Å². The van der Waals surface area contributed by atoms with Gasteiger partial charge in [0.15, 0.2) is 0 Å². The number of hydrogen-bond acceptors (Lipinski definition) is 4. The summed E-state index contributed by atoms with van der Waals surface area (Å²) in [5.41, 5.74) is 1.34. The molecule has 0 saturated carbocycles. The smallest absolute Gasteiger partial charge is 0.118 e. The average Bonchev–Trinajstić information content (AvgIpc) is 3.02. The Morgan fingerprint density at radius 2 is 2.09 bits per heavy atom. The normalized spacial score (nSPS) is 29.6. The van der Waals surface area contributed by atoms with Crippen LogP contribution in [0.5, 0.6) is 5.75 Å². The Morgan fingerprint density at radius 3 is 2.82 bits per heavy atom. The van der Waals surface area contributed by atoms with E-state index in [-0.39, 0.29) is 12.0 Å². The first-order chi connectivity index (χ1) is 10.8. The van der Waals surface area contributed by atoms with E-state index in [2.05, 4.69) is 17.0 Å². The molecule has 122 valence electrons. The van der Waals surface area contributed by atoms with E-state index in [4.69, 9.17) is 9.47 Å². The predicted octanol–water partition coefficient (Wildman–Crippen LogP) is 2.10. The van der Waals surface area contributed by atoms with Crippen molar-refractivity contribution in [2.75, 3.05) is 33.4 Å². The number of hydrogen-bond donors (Lipinski definition) is 1. The second kappa shape index (κ2) is 7.44. The molecular formula is C18H27NO3. The molecule has 1 aromatic rings. The largest absolute Gasteiger partial charge is 0.497 e. The monoisotopic (exact) mass is 305 g/mol. The lowest BCUT2D eigenvalue weighted by Crippen LogP contribution is -2.46. The summed E-state index contributed by atoms with van der Waals surface area (Å²) in [6.45, 7) is 3.62. The third-order valence-corrected chi connectivity index (χ3v) is 5.12. The van der Waals surface area contributed by atoms with E-state index in [1.807, 2.05) is 12.1 Å². The summed E-state index contributed by atoms with van der Waals surface area (Å²) in [6.07, 6.45) is 4.06. The molecule has 3 rings (SSSR count). The molecule has 0 aromatic heterocycles. The van der Waals surface area contributed by atoms with Gasteiger partial charge in [-0.1, -0.05) is 12.1 Å². The lowest BCUT2D eigenvalue weighted by Gasteiger charge is -2.37. The summed E-state index contributed by atoms with van der Waals surface area (Å²) in [7, 11) is 1.70. The van der Waals surface area contributed by atoms with Crippen LogP contribution in [-0.2, 0) is 11.2 Å². The minimum Gasteiger partial charge on any atom is -0.497 e. The summed E-state index contributed by atoms with van der Waals surface area (Å²) in [6, 6.07) is 8.81. The van der Waals surface area contributed by atoms with Crippen LogP contribution in [0.2, 0.25) is 0 Å². The zero-order valence-corrected chi connectivity index (χ0v) is 13.4. The van der Waals surface area contributed by atoms with Crippen molar-refractivity contribution < 1.29 is 14.6 Å². The number of nitrogens with zero attached hydrogens (tertiary/aromatic N) is 1. The van der Waals surface area contributed by atoms with Crippen LogP contribution in [0.25, 0.3) is 0 Å². The highest BCUT2D eigenvalue weighted by atomic mass is 16.5. The molecular weight excluding hydrogens is 278 g/mol. The molecule has 22 heavy (non-hydrogen) atoms. The van der Waals surface area contributed by atoms with E-state index in [1.165, 1.54) is 18.4 Å². The zero-order chi connectivity index (χ0) is 15.4. The number of likely N-dealkylation sites (tertiary alicyclic amines) is 1. The Labute approximate surface area is 133 Å². The maximum Gasteiger partial charge on any atom is 0.118 e. The van der Waals surface area contributed by atoms with Crippen molar-refractivity contribution in [1.82, 2.24) is 4.90 Å². The standard InChI is InChI=1S/C18H27NO3/c1-21-15-6-4-14(5-7-15)8-11-19-10-2-3-17(19)16-13-22-12-9-18(16)20/h4-7,16-18,20H,2-3,8-13H2,1H3. The number of methoxy groups -OCH3 is 1. The van der Waals surface area contributed by atoms with Gasteiger partial charge in [-0.25, -0.2) is 0 Å². The molecule has 2 aliphatic heterocycles. The minimum atomic E-state index is -0.194. The topological polar surface area (TPSA) is 41.9 Å². The number of aliphatic hydroxyl groups is 1. The third kappa shape index (κ3) is 3.62. The molecule has 0 amide bonds. The van der Waals surface area contributed by atoms with Gasteiger partial charge in [0.05, 0.1) is 19.8 Å². The van der Waals surface area contributed by atoms with Crippen molar-refractivity contribution in [3.63, 3.8) is 0 Å². The van der Waals surface area contributed by atoms with Crippen molar-refractivity contribution in [3.8, 4) is 5.75 Å². The average molecular weight is 305 g/mol. The summed E-state index contributed by atoms with van der Waals surface area (Å²) in [4.78, 5) is 2.55. The molecule has 2 saturated heterocycles. The lowest BCUT2D eigenvalue weighted by molar-refractivity contribution is -0.0624. The van der Waals surface area contributed by atoms with Gasteiger partial charge < -0.3 is 14.6 Å². The molecule has 0 spiro atoms. The van der Waals surface area contributed by atoms with Crippen LogP contribution in [0.15, 0.2) is 24.3 Å². The number of rotatable bonds is 5. The molecule has 3 unspecified atom stereocenters. The molecule has 0 radical (unpaired) electrons. The Hall–Kier alpha value is -1.10. The van der Waals surface area contributed by atoms with Gasteiger partial charge in [-0.15, -0.1) is 0 Å². The van der Waals surface area contributed by atoms with Crippen molar-refractivity contribution in [2.45, 2.75) is 37.8 Å². The van der Waals surface area contributed by atoms with Crippen LogP contribution in [-0.4, -0.2) is 55.6 Å². The summed E-state index contributed by atoms with van der Waals surface area (Å²) in [5, 5.41) is 10.3. The minimum absolute atomic E-state index is 0.194. The van der Waals surface area contributed by atoms with Gasteiger partial charge in [0.2, 0.25) is 0 Å². The maximum absolute atomic E-state index is 10.3. The fourth-order valence-electron chi connectivity index (χ4n) is 3.80. The molecule has 0 aliphatic carbocycles. The Balaban J connectivity index is 1.56. The molecule has 2 fully saturated rings. The van der Waals surface area contributed by atoms with E-state index in [1.54, 1.807) is 7.11 Å². The van der Waals surface area contributed by atoms with E-state index in [0.29, 0.717) is 19.3 Å². The third-order valence-electron chi connectivity index (χ3n) is 5.12. The van der Waals surface area contributed by atoms with Gasteiger partial charge in [-0.05, 0) is 49.9 Å². The molecule has 4 heteroatoms. The van der Waals surface area contributed by atoms with Crippen molar-refractivity contribution in [3.05, 3.63) is 29.8 Å². The van der Waals surface area contributed by atoms with E-state index in [0.717, 1.165) is 31.7 Å². The Bertz CT molecular complexity index is 462.